The van der Waals surface area contributed by atoms with E-state index in [1.165, 1.54) is 25.6 Å². The van der Waals surface area contributed by atoms with Crippen molar-refractivity contribution in [2.45, 2.75) is 25.8 Å². The molecule has 1 heterocycles. The van der Waals surface area contributed by atoms with Gasteiger partial charge in [-0.3, -0.25) is 19.6 Å². The molecule has 0 aliphatic carbocycles. The molecule has 3 rings (SSSR count). The van der Waals surface area contributed by atoms with Gasteiger partial charge in [-0.2, -0.15) is 0 Å². The van der Waals surface area contributed by atoms with Crippen LogP contribution in [0.5, 0.6) is 11.5 Å². The maximum Gasteiger partial charge on any atom is 0.313 e. The molecule has 184 valence electrons. The summed E-state index contributed by atoms with van der Waals surface area (Å²) in [5.74, 6) is -0.778. The number of hydrogen-bond acceptors (Lipinski definition) is 8. The Morgan fingerprint density at radius 1 is 1.09 bits per heavy atom. The minimum absolute atomic E-state index is 0.251. The standard InChI is InChI=1S/C24H26N4O7/c1-24(2,10-11-34-17-7-4-15(5-8-17)21(29)28-32)27-23(31)22(30)26-16-6-9-18(19(12-16)33-3)20-13-25-14-35-20/h4-9,12-14,32H,10-11H2,1-3H3,(H,26,30)(H,27,31)(H,28,29). The summed E-state index contributed by atoms with van der Waals surface area (Å²) in [5, 5.41) is 13.9. The maximum atomic E-state index is 12.5. The second kappa shape index (κ2) is 11.2. The van der Waals surface area contributed by atoms with Crippen molar-refractivity contribution in [2.24, 2.45) is 0 Å². The highest BCUT2D eigenvalue weighted by Gasteiger charge is 2.25. The van der Waals surface area contributed by atoms with Gasteiger partial charge in [-0.15, -0.1) is 0 Å². The number of nitrogens with one attached hydrogen (secondary N) is 3. The molecule has 4 N–H and O–H groups in total. The van der Waals surface area contributed by atoms with Crippen molar-refractivity contribution in [3.05, 3.63) is 60.6 Å². The lowest BCUT2D eigenvalue weighted by atomic mass is 10.0. The van der Waals surface area contributed by atoms with Gasteiger partial charge in [-0.1, -0.05) is 0 Å². The smallest absolute Gasteiger partial charge is 0.313 e. The fraction of sp³-hybridized carbons (Fsp3) is 0.250. The SMILES string of the molecule is COc1cc(NC(=O)C(=O)NC(C)(C)CCOc2ccc(C(=O)NO)cc2)ccc1-c1cnco1. The summed E-state index contributed by atoms with van der Waals surface area (Å²) in [6, 6.07) is 11.1. The summed E-state index contributed by atoms with van der Waals surface area (Å²) < 4.78 is 16.3. The van der Waals surface area contributed by atoms with E-state index in [1.807, 2.05) is 0 Å². The molecule has 1 aromatic heterocycles. The van der Waals surface area contributed by atoms with Gasteiger partial charge < -0.3 is 24.5 Å². The fourth-order valence-electron chi connectivity index (χ4n) is 3.13. The van der Waals surface area contributed by atoms with E-state index >= 15 is 0 Å². The monoisotopic (exact) mass is 482 g/mol. The van der Waals surface area contributed by atoms with Crippen molar-refractivity contribution in [2.75, 3.05) is 19.0 Å². The summed E-state index contributed by atoms with van der Waals surface area (Å²) in [5.41, 5.74) is 2.13. The number of oxazole rings is 1. The highest BCUT2D eigenvalue weighted by atomic mass is 16.5. The third-order valence-corrected chi connectivity index (χ3v) is 5.03. The first-order valence-corrected chi connectivity index (χ1v) is 10.6. The molecule has 0 aliphatic heterocycles. The average molecular weight is 482 g/mol. The Hall–Kier alpha value is -4.38. The van der Waals surface area contributed by atoms with Crippen molar-refractivity contribution < 1.29 is 33.5 Å². The molecule has 0 bridgehead atoms. The van der Waals surface area contributed by atoms with Gasteiger partial charge in [0, 0.05) is 29.3 Å². The average Bonchev–Trinajstić information content (AvgIpc) is 3.38. The number of ether oxygens (including phenoxy) is 2. The summed E-state index contributed by atoms with van der Waals surface area (Å²) >= 11 is 0. The van der Waals surface area contributed by atoms with Crippen LogP contribution in [-0.2, 0) is 9.59 Å². The van der Waals surface area contributed by atoms with E-state index in [2.05, 4.69) is 15.6 Å². The molecule has 35 heavy (non-hydrogen) atoms. The van der Waals surface area contributed by atoms with Crippen LogP contribution < -0.4 is 25.6 Å². The number of anilines is 1. The quantitative estimate of drug-likeness (QED) is 0.206. The Labute approximate surface area is 201 Å². The number of carbonyl (C=O) groups excluding carboxylic acids is 3. The van der Waals surface area contributed by atoms with Crippen LogP contribution in [0.1, 0.15) is 30.6 Å². The van der Waals surface area contributed by atoms with Crippen LogP contribution in [0.15, 0.2) is 59.5 Å². The molecule has 0 atom stereocenters. The van der Waals surface area contributed by atoms with Crippen LogP contribution in [0.3, 0.4) is 0 Å². The second-order valence-corrected chi connectivity index (χ2v) is 8.14. The summed E-state index contributed by atoms with van der Waals surface area (Å²) in [6.07, 6.45) is 3.25. The molecular formula is C24H26N4O7. The number of nitrogens with zero attached hydrogens (tertiary/aromatic N) is 1. The molecule has 0 radical (unpaired) electrons. The molecular weight excluding hydrogens is 456 g/mol. The molecule has 3 aromatic rings. The van der Waals surface area contributed by atoms with E-state index < -0.39 is 23.3 Å². The fourth-order valence-corrected chi connectivity index (χ4v) is 3.13. The zero-order chi connectivity index (χ0) is 25.4. The van der Waals surface area contributed by atoms with E-state index in [-0.39, 0.29) is 12.2 Å². The number of hydroxylamine groups is 1. The number of benzene rings is 2. The Kier molecular flexibility index (Phi) is 8.05. The van der Waals surface area contributed by atoms with Crippen LogP contribution in [0.25, 0.3) is 11.3 Å². The van der Waals surface area contributed by atoms with Crippen LogP contribution in [0, 0.1) is 0 Å². The Balaban J connectivity index is 1.51. The molecule has 0 fully saturated rings. The van der Waals surface area contributed by atoms with Gasteiger partial charge in [0.1, 0.15) is 11.5 Å². The van der Waals surface area contributed by atoms with Crippen molar-refractivity contribution in [3.63, 3.8) is 0 Å². The van der Waals surface area contributed by atoms with Crippen molar-refractivity contribution in [3.8, 4) is 22.8 Å². The van der Waals surface area contributed by atoms with E-state index in [1.54, 1.807) is 55.9 Å². The molecule has 3 amide bonds. The van der Waals surface area contributed by atoms with Gasteiger partial charge in [0.2, 0.25) is 0 Å². The Morgan fingerprint density at radius 2 is 1.83 bits per heavy atom. The summed E-state index contributed by atoms with van der Waals surface area (Å²) in [7, 11) is 1.48. The molecule has 2 aromatic carbocycles. The molecule has 11 nitrogen and oxygen atoms in total. The molecule has 0 saturated carbocycles. The highest BCUT2D eigenvalue weighted by Crippen LogP contribution is 2.32. The van der Waals surface area contributed by atoms with E-state index in [4.69, 9.17) is 19.1 Å². The van der Waals surface area contributed by atoms with Crippen LogP contribution in [0.4, 0.5) is 5.69 Å². The van der Waals surface area contributed by atoms with E-state index in [0.717, 1.165) is 0 Å². The van der Waals surface area contributed by atoms with Crippen LogP contribution in [0.2, 0.25) is 0 Å². The third kappa shape index (κ3) is 6.81. The first-order valence-electron chi connectivity index (χ1n) is 10.6. The van der Waals surface area contributed by atoms with E-state index in [9.17, 15) is 14.4 Å². The predicted molar refractivity (Wildman–Crippen MR) is 125 cm³/mol. The van der Waals surface area contributed by atoms with Crippen molar-refractivity contribution in [1.82, 2.24) is 15.8 Å². The van der Waals surface area contributed by atoms with E-state index in [0.29, 0.717) is 34.9 Å². The number of methoxy groups -OCH3 is 1. The molecule has 0 unspecified atom stereocenters. The highest BCUT2D eigenvalue weighted by molar-refractivity contribution is 6.39. The van der Waals surface area contributed by atoms with Gasteiger partial charge in [-0.05, 0) is 50.2 Å². The number of carbonyl (C=O) groups is 3. The lowest BCUT2D eigenvalue weighted by molar-refractivity contribution is -0.137. The minimum Gasteiger partial charge on any atom is -0.496 e. The van der Waals surface area contributed by atoms with Crippen molar-refractivity contribution in [1.29, 1.82) is 0 Å². The second-order valence-electron chi connectivity index (χ2n) is 8.14. The van der Waals surface area contributed by atoms with Gasteiger partial charge >= 0.3 is 11.8 Å². The Bertz CT molecular complexity index is 1180. The molecule has 0 saturated heterocycles. The number of hydrogen-bond donors (Lipinski definition) is 4. The zero-order valence-electron chi connectivity index (χ0n) is 19.5. The summed E-state index contributed by atoms with van der Waals surface area (Å²) in [6.45, 7) is 3.79. The number of rotatable bonds is 9. The lowest BCUT2D eigenvalue weighted by Crippen LogP contribution is -2.48. The third-order valence-electron chi connectivity index (χ3n) is 5.03. The minimum atomic E-state index is -0.828. The zero-order valence-corrected chi connectivity index (χ0v) is 19.5. The predicted octanol–water partition coefficient (Wildman–Crippen LogP) is 2.77. The topological polar surface area (TPSA) is 152 Å². The van der Waals surface area contributed by atoms with Gasteiger partial charge in [0.15, 0.2) is 12.2 Å². The molecule has 11 heteroatoms. The first kappa shape index (κ1) is 25.2. The maximum absolute atomic E-state index is 12.5. The number of aromatic nitrogens is 1. The summed E-state index contributed by atoms with van der Waals surface area (Å²) in [4.78, 5) is 40.1. The number of amides is 3. The van der Waals surface area contributed by atoms with Gasteiger partial charge in [0.25, 0.3) is 5.91 Å². The molecule has 0 spiro atoms. The van der Waals surface area contributed by atoms with Gasteiger partial charge in [0.05, 0.1) is 25.5 Å². The first-order chi connectivity index (χ1) is 16.7. The molecule has 0 aliphatic rings. The Morgan fingerprint density at radius 3 is 2.46 bits per heavy atom. The normalized spacial score (nSPS) is 10.9. The van der Waals surface area contributed by atoms with Crippen LogP contribution >= 0.6 is 0 Å². The largest absolute Gasteiger partial charge is 0.496 e. The van der Waals surface area contributed by atoms with Crippen molar-refractivity contribution >= 4 is 23.4 Å². The lowest BCUT2D eigenvalue weighted by Gasteiger charge is -2.26. The van der Waals surface area contributed by atoms with Crippen LogP contribution in [-0.4, -0.2) is 47.2 Å². The van der Waals surface area contributed by atoms with Gasteiger partial charge in [-0.25, -0.2) is 10.5 Å².